The Labute approximate surface area is 144 Å². The Kier molecular flexibility index (Phi) is 4.26. The van der Waals surface area contributed by atoms with Gasteiger partial charge >= 0.3 is 0 Å². The molecule has 0 aliphatic heterocycles. The van der Waals surface area contributed by atoms with E-state index in [-0.39, 0.29) is 5.41 Å². The van der Waals surface area contributed by atoms with Gasteiger partial charge in [-0.1, -0.05) is 51.4 Å². The average Bonchev–Trinajstić information content (AvgIpc) is 3.06. The van der Waals surface area contributed by atoms with Crippen LogP contribution in [0.2, 0.25) is 0 Å². The monoisotopic (exact) mass is 370 g/mol. The molecule has 0 aliphatic carbocycles. The Hall–Kier alpha value is -2.07. The van der Waals surface area contributed by atoms with E-state index in [9.17, 15) is 0 Å². The molecule has 1 aromatic heterocycles. The van der Waals surface area contributed by atoms with Gasteiger partial charge in [0.05, 0.1) is 5.41 Å². The third-order valence-electron chi connectivity index (χ3n) is 4.14. The van der Waals surface area contributed by atoms with Gasteiger partial charge in [0.2, 0.25) is 0 Å². The van der Waals surface area contributed by atoms with Crippen molar-refractivity contribution >= 4 is 21.6 Å². The molecule has 23 heavy (non-hydrogen) atoms. The van der Waals surface area contributed by atoms with Crippen LogP contribution >= 0.6 is 15.9 Å². The molecule has 3 nitrogen and oxygen atoms in total. The maximum absolute atomic E-state index is 5.68. The minimum absolute atomic E-state index is 0.278. The smallest absolute Gasteiger partial charge is 0.147 e. The molecule has 118 valence electrons. The van der Waals surface area contributed by atoms with Crippen LogP contribution in [-0.4, -0.2) is 12.2 Å². The molecule has 0 unspecified atom stereocenters. The molecule has 0 spiro atoms. The number of rotatable bonds is 4. The zero-order valence-corrected chi connectivity index (χ0v) is 15.0. The molecule has 0 radical (unpaired) electrons. The van der Waals surface area contributed by atoms with Gasteiger partial charge < -0.3 is 9.84 Å². The topological polar surface area (TPSA) is 38.1 Å². The zero-order chi connectivity index (χ0) is 16.4. The molecule has 0 bridgehead atoms. The normalized spacial score (nSPS) is 11.5. The summed E-state index contributed by atoms with van der Waals surface area (Å²) in [6, 6.07) is 18.4. The van der Waals surface area contributed by atoms with Crippen molar-refractivity contribution < 1.29 is 4.52 Å². The first-order chi connectivity index (χ1) is 11.0. The molecule has 0 atom stereocenters. The molecule has 0 aliphatic rings. The first-order valence-corrected chi connectivity index (χ1v) is 8.32. The van der Waals surface area contributed by atoms with Gasteiger partial charge in [-0.25, -0.2) is 0 Å². The molecular weight excluding hydrogens is 352 g/mol. The number of para-hydroxylation sites is 1. The van der Waals surface area contributed by atoms with E-state index >= 15 is 0 Å². The predicted molar refractivity (Wildman–Crippen MR) is 97.8 cm³/mol. The Bertz CT molecular complexity index is 806. The molecule has 0 saturated heterocycles. The zero-order valence-electron chi connectivity index (χ0n) is 13.4. The molecule has 4 heteroatoms. The lowest BCUT2D eigenvalue weighted by Crippen LogP contribution is -2.19. The quantitative estimate of drug-likeness (QED) is 0.661. The number of aromatic nitrogens is 1. The largest absolute Gasteiger partial charge is 0.388 e. The highest BCUT2D eigenvalue weighted by Crippen LogP contribution is 2.37. The summed E-state index contributed by atoms with van der Waals surface area (Å²) >= 11 is 3.45. The second kappa shape index (κ2) is 6.20. The fourth-order valence-corrected chi connectivity index (χ4v) is 2.97. The summed E-state index contributed by atoms with van der Waals surface area (Å²) in [6.07, 6.45) is 0. The highest BCUT2D eigenvalue weighted by Gasteiger charge is 2.30. The van der Waals surface area contributed by atoms with E-state index in [2.05, 4.69) is 52.4 Å². The van der Waals surface area contributed by atoms with Crippen molar-refractivity contribution in [3.05, 3.63) is 70.4 Å². The van der Waals surface area contributed by atoms with Crippen LogP contribution in [0.3, 0.4) is 0 Å². The fourth-order valence-electron chi connectivity index (χ4n) is 2.71. The van der Waals surface area contributed by atoms with E-state index in [0.717, 1.165) is 27.2 Å². The average molecular weight is 371 g/mol. The van der Waals surface area contributed by atoms with Gasteiger partial charge in [0.25, 0.3) is 0 Å². The number of benzene rings is 2. The van der Waals surface area contributed by atoms with E-state index in [4.69, 9.17) is 4.52 Å². The molecule has 3 aromatic rings. The standard InChI is InChI=1S/C19H19BrN2O/c1-19(2,15-6-4-5-7-16(15)21-3)18-12-17(22-23-18)13-8-10-14(20)11-9-13/h4-12,21H,1-3H3. The molecule has 2 aromatic carbocycles. The first kappa shape index (κ1) is 15.8. The van der Waals surface area contributed by atoms with Crippen LogP contribution in [0, 0.1) is 0 Å². The number of hydrogen-bond donors (Lipinski definition) is 1. The summed E-state index contributed by atoms with van der Waals surface area (Å²) in [5, 5.41) is 7.50. The number of hydrogen-bond acceptors (Lipinski definition) is 3. The number of anilines is 1. The number of nitrogens with one attached hydrogen (secondary N) is 1. The lowest BCUT2D eigenvalue weighted by Gasteiger charge is -2.24. The summed E-state index contributed by atoms with van der Waals surface area (Å²) in [7, 11) is 1.93. The third-order valence-corrected chi connectivity index (χ3v) is 4.66. The number of halogens is 1. The van der Waals surface area contributed by atoms with Crippen molar-refractivity contribution in [1.29, 1.82) is 0 Å². The second-order valence-electron chi connectivity index (χ2n) is 6.00. The Morgan fingerprint density at radius 2 is 1.74 bits per heavy atom. The minimum atomic E-state index is -0.278. The van der Waals surface area contributed by atoms with Gasteiger partial charge in [0.15, 0.2) is 0 Å². The maximum atomic E-state index is 5.68. The highest BCUT2D eigenvalue weighted by atomic mass is 79.9. The lowest BCUT2D eigenvalue weighted by molar-refractivity contribution is 0.342. The van der Waals surface area contributed by atoms with Crippen molar-refractivity contribution in [3.8, 4) is 11.3 Å². The van der Waals surface area contributed by atoms with Crippen molar-refractivity contribution in [2.45, 2.75) is 19.3 Å². The Morgan fingerprint density at radius 3 is 2.43 bits per heavy atom. The predicted octanol–water partition coefficient (Wildman–Crippen LogP) is 5.47. The van der Waals surface area contributed by atoms with Crippen LogP contribution < -0.4 is 5.32 Å². The molecule has 0 fully saturated rings. The van der Waals surface area contributed by atoms with E-state index in [0.29, 0.717) is 0 Å². The van der Waals surface area contributed by atoms with E-state index in [1.54, 1.807) is 0 Å². The maximum Gasteiger partial charge on any atom is 0.147 e. The molecule has 1 heterocycles. The van der Waals surface area contributed by atoms with Gasteiger partial charge in [0.1, 0.15) is 11.5 Å². The Morgan fingerprint density at radius 1 is 1.04 bits per heavy atom. The van der Waals surface area contributed by atoms with E-state index in [1.807, 2.05) is 49.5 Å². The minimum Gasteiger partial charge on any atom is -0.388 e. The Balaban J connectivity index is 2.00. The fraction of sp³-hybridized carbons (Fsp3) is 0.211. The second-order valence-corrected chi connectivity index (χ2v) is 6.92. The first-order valence-electron chi connectivity index (χ1n) is 7.53. The highest BCUT2D eigenvalue weighted by molar-refractivity contribution is 9.10. The van der Waals surface area contributed by atoms with E-state index < -0.39 is 0 Å². The molecule has 1 N–H and O–H groups in total. The molecular formula is C19H19BrN2O. The van der Waals surface area contributed by atoms with Gasteiger partial charge in [-0.2, -0.15) is 0 Å². The van der Waals surface area contributed by atoms with Crippen molar-refractivity contribution in [2.24, 2.45) is 0 Å². The van der Waals surface area contributed by atoms with Crippen LogP contribution in [-0.2, 0) is 5.41 Å². The molecule has 3 rings (SSSR count). The van der Waals surface area contributed by atoms with Crippen LogP contribution in [0.1, 0.15) is 25.2 Å². The molecule has 0 saturated carbocycles. The summed E-state index contributed by atoms with van der Waals surface area (Å²) in [6.45, 7) is 4.30. The van der Waals surface area contributed by atoms with Gasteiger partial charge in [-0.15, -0.1) is 0 Å². The van der Waals surface area contributed by atoms with E-state index in [1.165, 1.54) is 5.56 Å². The van der Waals surface area contributed by atoms with Crippen molar-refractivity contribution in [1.82, 2.24) is 5.16 Å². The SMILES string of the molecule is CNc1ccccc1C(C)(C)c1cc(-c2ccc(Br)cc2)no1. The molecule has 0 amide bonds. The van der Waals surface area contributed by atoms with Crippen LogP contribution in [0.5, 0.6) is 0 Å². The van der Waals surface area contributed by atoms with Gasteiger partial charge in [-0.3, -0.25) is 0 Å². The van der Waals surface area contributed by atoms with Crippen LogP contribution in [0.15, 0.2) is 63.6 Å². The van der Waals surface area contributed by atoms with Crippen LogP contribution in [0.4, 0.5) is 5.69 Å². The lowest BCUT2D eigenvalue weighted by atomic mass is 9.81. The van der Waals surface area contributed by atoms with Crippen molar-refractivity contribution in [2.75, 3.05) is 12.4 Å². The summed E-state index contributed by atoms with van der Waals surface area (Å²) in [5.41, 5.74) is 3.89. The summed E-state index contributed by atoms with van der Waals surface area (Å²) in [5.74, 6) is 0.845. The van der Waals surface area contributed by atoms with Crippen LogP contribution in [0.25, 0.3) is 11.3 Å². The number of nitrogens with zero attached hydrogens (tertiary/aromatic N) is 1. The van der Waals surface area contributed by atoms with Crippen molar-refractivity contribution in [3.63, 3.8) is 0 Å². The van der Waals surface area contributed by atoms with Gasteiger partial charge in [0, 0.05) is 28.8 Å². The summed E-state index contributed by atoms with van der Waals surface area (Å²) < 4.78 is 6.73. The van der Waals surface area contributed by atoms with Gasteiger partial charge in [-0.05, 0) is 37.6 Å². The summed E-state index contributed by atoms with van der Waals surface area (Å²) in [4.78, 5) is 0. The third kappa shape index (κ3) is 3.04.